The number of rotatable bonds is 4. The highest BCUT2D eigenvalue weighted by Crippen LogP contribution is 2.30. The molecule has 2 fully saturated rings. The minimum Gasteiger partial charge on any atom is -0.449 e. The van der Waals surface area contributed by atoms with Gasteiger partial charge in [-0.15, -0.1) is 11.8 Å². The monoisotopic (exact) mass is 320 g/mol. The van der Waals surface area contributed by atoms with Crippen molar-refractivity contribution in [1.29, 1.82) is 0 Å². The normalized spacial score (nSPS) is 25.0. The molecule has 0 bridgehead atoms. The molecule has 0 aromatic heterocycles. The fourth-order valence-electron chi connectivity index (χ4n) is 2.31. The Morgan fingerprint density at radius 2 is 2.09 bits per heavy atom. The first kappa shape index (κ1) is 15.2. The molecule has 2 amide bonds. The van der Waals surface area contributed by atoms with E-state index in [0.717, 1.165) is 12.8 Å². The molecule has 1 aliphatic heterocycles. The first-order valence-corrected chi connectivity index (χ1v) is 8.65. The van der Waals surface area contributed by atoms with Crippen molar-refractivity contribution in [3.05, 3.63) is 35.9 Å². The van der Waals surface area contributed by atoms with Gasteiger partial charge in [-0.2, -0.15) is 0 Å². The van der Waals surface area contributed by atoms with Gasteiger partial charge in [-0.3, -0.25) is 4.79 Å². The van der Waals surface area contributed by atoms with E-state index in [9.17, 15) is 9.59 Å². The van der Waals surface area contributed by atoms with E-state index in [4.69, 9.17) is 4.74 Å². The molecule has 2 N–H and O–H groups in total. The van der Waals surface area contributed by atoms with Gasteiger partial charge in [0.1, 0.15) is 6.04 Å². The predicted octanol–water partition coefficient (Wildman–Crippen LogP) is 2.10. The van der Waals surface area contributed by atoms with E-state index in [-0.39, 0.29) is 11.2 Å². The van der Waals surface area contributed by atoms with Crippen LogP contribution in [0.15, 0.2) is 30.3 Å². The summed E-state index contributed by atoms with van der Waals surface area (Å²) in [7, 11) is 0. The van der Waals surface area contributed by atoms with Gasteiger partial charge in [0.2, 0.25) is 5.91 Å². The molecule has 1 saturated heterocycles. The zero-order chi connectivity index (χ0) is 15.4. The third-order valence-corrected chi connectivity index (χ3v) is 5.22. The quantitative estimate of drug-likeness (QED) is 0.891. The lowest BCUT2D eigenvalue weighted by molar-refractivity contribution is -0.122. The summed E-state index contributed by atoms with van der Waals surface area (Å²) in [4.78, 5) is 23.8. The zero-order valence-corrected chi connectivity index (χ0v) is 13.1. The summed E-state index contributed by atoms with van der Waals surface area (Å²) in [6.45, 7) is 1.03. The predicted molar refractivity (Wildman–Crippen MR) is 85.6 cm³/mol. The second-order valence-corrected chi connectivity index (χ2v) is 6.95. The summed E-state index contributed by atoms with van der Waals surface area (Å²) in [5, 5.41) is 5.77. The number of ether oxygens (including phenoxy) is 1. The van der Waals surface area contributed by atoms with Crippen LogP contribution in [0.4, 0.5) is 4.79 Å². The Balaban J connectivity index is 1.52. The minimum atomic E-state index is -0.537. The number of thioether (sulfide) groups is 1. The Bertz CT molecular complexity index is 533. The number of hydrogen-bond acceptors (Lipinski definition) is 4. The van der Waals surface area contributed by atoms with E-state index in [1.54, 1.807) is 11.8 Å². The highest BCUT2D eigenvalue weighted by Gasteiger charge is 2.29. The van der Waals surface area contributed by atoms with Crippen LogP contribution in [0.5, 0.6) is 0 Å². The number of amides is 2. The number of carbonyl (C=O) groups excluding carboxylic acids is 2. The molecule has 1 heterocycles. The van der Waals surface area contributed by atoms with E-state index in [0.29, 0.717) is 24.8 Å². The fraction of sp³-hybridized carbons (Fsp3) is 0.500. The van der Waals surface area contributed by atoms with Crippen LogP contribution in [-0.2, 0) is 9.53 Å². The van der Waals surface area contributed by atoms with Gasteiger partial charge in [0.15, 0.2) is 0 Å². The highest BCUT2D eigenvalue weighted by atomic mass is 32.2. The molecule has 118 valence electrons. The average molecular weight is 320 g/mol. The minimum absolute atomic E-state index is 0.144. The van der Waals surface area contributed by atoms with Gasteiger partial charge in [0.25, 0.3) is 0 Å². The SMILES string of the molecule is O=C(NC1CSC(c2ccccc2)CNC1=O)OCC1CC1. The van der Waals surface area contributed by atoms with Gasteiger partial charge in [0, 0.05) is 17.5 Å². The van der Waals surface area contributed by atoms with Crippen LogP contribution in [0.2, 0.25) is 0 Å². The van der Waals surface area contributed by atoms with Crippen LogP contribution in [0.1, 0.15) is 23.7 Å². The number of hydrogen-bond donors (Lipinski definition) is 2. The summed E-state index contributed by atoms with van der Waals surface area (Å²) in [6.07, 6.45) is 1.77. The molecule has 0 spiro atoms. The lowest BCUT2D eigenvalue weighted by Gasteiger charge is -2.15. The van der Waals surface area contributed by atoms with Gasteiger partial charge < -0.3 is 15.4 Å². The van der Waals surface area contributed by atoms with Gasteiger partial charge in [-0.05, 0) is 24.3 Å². The molecule has 1 aromatic rings. The molecule has 22 heavy (non-hydrogen) atoms. The van der Waals surface area contributed by atoms with Crippen LogP contribution >= 0.6 is 11.8 Å². The molecule has 1 saturated carbocycles. The Kier molecular flexibility index (Phi) is 4.87. The van der Waals surface area contributed by atoms with Gasteiger partial charge in [-0.25, -0.2) is 4.79 Å². The van der Waals surface area contributed by atoms with Crippen molar-refractivity contribution in [2.75, 3.05) is 18.9 Å². The molecule has 3 rings (SSSR count). The first-order chi connectivity index (χ1) is 10.7. The largest absolute Gasteiger partial charge is 0.449 e. The van der Waals surface area contributed by atoms with Gasteiger partial charge in [-0.1, -0.05) is 30.3 Å². The van der Waals surface area contributed by atoms with E-state index >= 15 is 0 Å². The fourth-order valence-corrected chi connectivity index (χ4v) is 3.52. The zero-order valence-electron chi connectivity index (χ0n) is 12.3. The lowest BCUT2D eigenvalue weighted by atomic mass is 10.1. The number of nitrogens with one attached hydrogen (secondary N) is 2. The smallest absolute Gasteiger partial charge is 0.407 e. The molecule has 2 atom stereocenters. The Morgan fingerprint density at radius 1 is 1.32 bits per heavy atom. The van der Waals surface area contributed by atoms with Crippen LogP contribution in [-0.4, -0.2) is 36.9 Å². The molecular formula is C16H20N2O3S. The topological polar surface area (TPSA) is 67.4 Å². The summed E-state index contributed by atoms with van der Waals surface area (Å²) >= 11 is 1.67. The maximum Gasteiger partial charge on any atom is 0.407 e. The van der Waals surface area contributed by atoms with Crippen molar-refractivity contribution in [3.63, 3.8) is 0 Å². The van der Waals surface area contributed by atoms with Gasteiger partial charge in [0.05, 0.1) is 6.61 Å². The molecule has 2 aliphatic rings. The maximum atomic E-state index is 12.1. The van der Waals surface area contributed by atoms with Crippen molar-refractivity contribution in [1.82, 2.24) is 10.6 Å². The molecule has 2 unspecified atom stereocenters. The molecule has 0 radical (unpaired) electrons. The molecule has 1 aromatic carbocycles. The standard InChI is InChI=1S/C16H20N2O3S/c19-15-13(18-16(20)21-9-11-6-7-11)10-22-14(8-17-15)12-4-2-1-3-5-12/h1-5,11,13-14H,6-10H2,(H,17,19)(H,18,20). The average Bonchev–Trinajstić information content (AvgIpc) is 3.37. The van der Waals surface area contributed by atoms with Crippen molar-refractivity contribution in [2.45, 2.75) is 24.1 Å². The van der Waals surface area contributed by atoms with Crippen LogP contribution in [0.3, 0.4) is 0 Å². The van der Waals surface area contributed by atoms with E-state index in [1.807, 2.05) is 18.2 Å². The Labute approximate surface area is 134 Å². The summed E-state index contributed by atoms with van der Waals surface area (Å²) < 4.78 is 5.13. The van der Waals surface area contributed by atoms with Crippen molar-refractivity contribution < 1.29 is 14.3 Å². The second-order valence-electron chi connectivity index (χ2n) is 5.72. The van der Waals surface area contributed by atoms with Crippen LogP contribution < -0.4 is 10.6 Å². The van der Waals surface area contributed by atoms with E-state index < -0.39 is 12.1 Å². The van der Waals surface area contributed by atoms with Crippen molar-refractivity contribution in [2.24, 2.45) is 5.92 Å². The lowest BCUT2D eigenvalue weighted by Crippen LogP contribution is -2.47. The third kappa shape index (κ3) is 4.16. The molecule has 6 heteroatoms. The van der Waals surface area contributed by atoms with Gasteiger partial charge >= 0.3 is 6.09 Å². The Morgan fingerprint density at radius 3 is 2.82 bits per heavy atom. The highest BCUT2D eigenvalue weighted by molar-refractivity contribution is 7.99. The Hall–Kier alpha value is -1.69. The first-order valence-electron chi connectivity index (χ1n) is 7.60. The van der Waals surface area contributed by atoms with Crippen molar-refractivity contribution >= 4 is 23.8 Å². The summed E-state index contributed by atoms with van der Waals surface area (Å²) in [5.74, 6) is 0.920. The molecule has 5 nitrogen and oxygen atoms in total. The van der Waals surface area contributed by atoms with Crippen LogP contribution in [0.25, 0.3) is 0 Å². The molecular weight excluding hydrogens is 300 g/mol. The number of carbonyl (C=O) groups is 2. The van der Waals surface area contributed by atoms with E-state index in [1.165, 1.54) is 5.56 Å². The molecule has 1 aliphatic carbocycles. The second kappa shape index (κ2) is 7.05. The maximum absolute atomic E-state index is 12.1. The summed E-state index contributed by atoms with van der Waals surface area (Å²) in [6, 6.07) is 9.54. The third-order valence-electron chi connectivity index (χ3n) is 3.85. The number of benzene rings is 1. The number of alkyl carbamates (subject to hydrolysis) is 1. The van der Waals surface area contributed by atoms with Crippen molar-refractivity contribution in [3.8, 4) is 0 Å². The van der Waals surface area contributed by atoms with E-state index in [2.05, 4.69) is 22.8 Å². The van der Waals surface area contributed by atoms with Crippen LogP contribution in [0, 0.1) is 5.92 Å². The summed E-state index contributed by atoms with van der Waals surface area (Å²) in [5.41, 5.74) is 1.18.